The molecule has 2 amide bonds. The van der Waals surface area contributed by atoms with Crippen molar-refractivity contribution in [3.8, 4) is 0 Å². The lowest BCUT2D eigenvalue weighted by Gasteiger charge is -2.38. The molecule has 2 aromatic rings. The average Bonchev–Trinajstić information content (AvgIpc) is 2.87. The molecule has 2 heterocycles. The number of piperidine rings is 1. The largest absolute Gasteiger partial charge is 0.465 e. The lowest BCUT2D eigenvalue weighted by atomic mass is 9.85. The van der Waals surface area contributed by atoms with Gasteiger partial charge in [0.2, 0.25) is 0 Å². The molecule has 9 heteroatoms. The SMILES string of the molecule is CC(C)(C)OC(=O)N1CCC(O)(Cc2ccc(Br)cc2)CC1.O=C(O)N1CC=C(Cc2ccc(Br)cc2)CC1. The van der Waals surface area contributed by atoms with Crippen LogP contribution in [0.4, 0.5) is 9.59 Å². The smallest absolute Gasteiger partial charge is 0.410 e. The van der Waals surface area contributed by atoms with Crippen LogP contribution in [0.5, 0.6) is 0 Å². The predicted molar refractivity (Wildman–Crippen MR) is 160 cm³/mol. The fourth-order valence-electron chi connectivity index (χ4n) is 4.50. The molecule has 2 aliphatic heterocycles. The number of carbonyl (C=O) groups excluding carboxylic acids is 1. The van der Waals surface area contributed by atoms with Crippen molar-refractivity contribution in [3.63, 3.8) is 0 Å². The molecule has 4 rings (SSSR count). The van der Waals surface area contributed by atoms with Gasteiger partial charge in [-0.05, 0) is 81.8 Å². The minimum atomic E-state index is -0.830. The summed E-state index contributed by atoms with van der Waals surface area (Å²) >= 11 is 6.82. The number of carboxylic acid groups (broad SMARTS) is 1. The molecule has 2 N–H and O–H groups in total. The molecule has 1 saturated heterocycles. The van der Waals surface area contributed by atoms with Crippen LogP contribution >= 0.6 is 31.9 Å². The van der Waals surface area contributed by atoms with Gasteiger partial charge < -0.3 is 24.7 Å². The first-order valence-electron chi connectivity index (χ1n) is 13.2. The quantitative estimate of drug-likeness (QED) is 0.342. The number of likely N-dealkylation sites (tertiary alicyclic amines) is 1. The molecule has 0 aromatic heterocycles. The van der Waals surface area contributed by atoms with Crippen LogP contribution < -0.4 is 0 Å². The second-order valence-electron chi connectivity index (χ2n) is 11.1. The van der Waals surface area contributed by atoms with Gasteiger partial charge in [0.1, 0.15) is 5.60 Å². The molecule has 0 bridgehead atoms. The summed E-state index contributed by atoms with van der Waals surface area (Å²) in [6.07, 6.45) is 4.41. The molecular formula is C30H38Br2N2O5. The summed E-state index contributed by atoms with van der Waals surface area (Å²) in [6, 6.07) is 16.2. The Morgan fingerprint density at radius 2 is 1.44 bits per heavy atom. The van der Waals surface area contributed by atoms with Gasteiger partial charge in [-0.2, -0.15) is 0 Å². The minimum Gasteiger partial charge on any atom is -0.465 e. The number of nitrogens with zero attached hydrogens (tertiary/aromatic N) is 2. The van der Waals surface area contributed by atoms with Gasteiger partial charge in [-0.25, -0.2) is 9.59 Å². The number of hydrogen-bond acceptors (Lipinski definition) is 4. The fraction of sp³-hybridized carbons (Fsp3) is 0.467. The van der Waals surface area contributed by atoms with Gasteiger partial charge in [0.15, 0.2) is 0 Å². The van der Waals surface area contributed by atoms with E-state index in [0.29, 0.717) is 45.4 Å². The highest BCUT2D eigenvalue weighted by Crippen LogP contribution is 2.28. The highest BCUT2D eigenvalue weighted by molar-refractivity contribution is 9.10. The normalized spacial score (nSPS) is 17.0. The van der Waals surface area contributed by atoms with Gasteiger partial charge in [-0.15, -0.1) is 0 Å². The molecule has 0 saturated carbocycles. The Labute approximate surface area is 248 Å². The molecule has 7 nitrogen and oxygen atoms in total. The van der Waals surface area contributed by atoms with E-state index in [1.54, 1.807) is 4.90 Å². The van der Waals surface area contributed by atoms with Crippen molar-refractivity contribution in [1.29, 1.82) is 0 Å². The Balaban J connectivity index is 0.000000223. The number of hydrogen-bond donors (Lipinski definition) is 2. The third kappa shape index (κ3) is 10.6. The molecule has 2 aliphatic rings. The number of benzene rings is 2. The van der Waals surface area contributed by atoms with Crippen molar-refractivity contribution < 1.29 is 24.5 Å². The number of amides is 2. The highest BCUT2D eigenvalue weighted by Gasteiger charge is 2.35. The molecule has 0 radical (unpaired) electrons. The topological polar surface area (TPSA) is 90.3 Å². The zero-order valence-electron chi connectivity index (χ0n) is 22.8. The minimum absolute atomic E-state index is 0.293. The van der Waals surface area contributed by atoms with Crippen LogP contribution in [0.1, 0.15) is 51.2 Å². The molecule has 0 spiro atoms. The summed E-state index contributed by atoms with van der Waals surface area (Å²) in [7, 11) is 0. The van der Waals surface area contributed by atoms with E-state index in [0.717, 1.165) is 27.4 Å². The van der Waals surface area contributed by atoms with E-state index in [4.69, 9.17) is 9.84 Å². The first kappa shape index (κ1) is 31.2. The third-order valence-corrected chi connectivity index (χ3v) is 7.77. The standard InChI is InChI=1S/C17H24BrNO3.C13H14BrNO2/c1-16(2,3)22-15(20)19-10-8-17(21,9-11-19)12-13-4-6-14(18)7-5-13;14-12-3-1-10(2-4-12)9-11-5-7-15(8-6-11)13(16)17/h4-7,21H,8-12H2,1-3H3;1-5H,6-9H2,(H,16,17). The Morgan fingerprint density at radius 1 is 0.897 bits per heavy atom. The lowest BCUT2D eigenvalue weighted by molar-refractivity contribution is -0.0315. The highest BCUT2D eigenvalue weighted by atomic mass is 79.9. The lowest BCUT2D eigenvalue weighted by Crippen LogP contribution is -2.49. The second-order valence-corrected chi connectivity index (χ2v) is 13.0. The monoisotopic (exact) mass is 664 g/mol. The summed E-state index contributed by atoms with van der Waals surface area (Å²) in [5, 5.41) is 19.6. The van der Waals surface area contributed by atoms with Crippen LogP contribution in [0, 0.1) is 0 Å². The zero-order valence-corrected chi connectivity index (χ0v) is 26.0. The molecule has 1 fully saturated rings. The Morgan fingerprint density at radius 3 is 1.90 bits per heavy atom. The third-order valence-electron chi connectivity index (χ3n) is 6.71. The Hall–Kier alpha value is -2.36. The summed E-state index contributed by atoms with van der Waals surface area (Å²) in [5.41, 5.74) is 2.47. The van der Waals surface area contributed by atoms with Crippen molar-refractivity contribution in [2.45, 2.75) is 64.1 Å². The molecule has 39 heavy (non-hydrogen) atoms. The van der Waals surface area contributed by atoms with Crippen LogP contribution in [0.2, 0.25) is 0 Å². The van der Waals surface area contributed by atoms with Gasteiger partial charge >= 0.3 is 12.2 Å². The number of rotatable bonds is 4. The maximum Gasteiger partial charge on any atom is 0.410 e. The van der Waals surface area contributed by atoms with Crippen molar-refractivity contribution >= 4 is 44.0 Å². The summed E-state index contributed by atoms with van der Waals surface area (Å²) in [6.45, 7) is 7.76. The molecule has 2 aromatic carbocycles. The zero-order chi connectivity index (χ0) is 28.6. The van der Waals surface area contributed by atoms with Crippen LogP contribution in [-0.4, -0.2) is 69.6 Å². The van der Waals surface area contributed by atoms with E-state index in [2.05, 4.69) is 44.0 Å². The van der Waals surface area contributed by atoms with Gasteiger partial charge in [-0.1, -0.05) is 67.8 Å². The van der Waals surface area contributed by atoms with Gasteiger partial charge in [0, 0.05) is 41.5 Å². The predicted octanol–water partition coefficient (Wildman–Crippen LogP) is 7.06. The van der Waals surface area contributed by atoms with E-state index in [1.165, 1.54) is 16.0 Å². The average molecular weight is 666 g/mol. The second kappa shape index (κ2) is 13.8. The number of ether oxygens (including phenoxy) is 1. The van der Waals surface area contributed by atoms with Gasteiger partial charge in [-0.3, -0.25) is 0 Å². The van der Waals surface area contributed by atoms with Crippen LogP contribution in [0.25, 0.3) is 0 Å². The van der Waals surface area contributed by atoms with E-state index in [-0.39, 0.29) is 6.09 Å². The van der Waals surface area contributed by atoms with E-state index < -0.39 is 17.3 Å². The van der Waals surface area contributed by atoms with E-state index in [1.807, 2.05) is 63.2 Å². The summed E-state index contributed by atoms with van der Waals surface area (Å²) in [4.78, 5) is 25.9. The first-order chi connectivity index (χ1) is 18.3. The van der Waals surface area contributed by atoms with Crippen molar-refractivity contribution in [1.82, 2.24) is 9.80 Å². The number of halogens is 2. The number of carbonyl (C=O) groups is 2. The van der Waals surface area contributed by atoms with Crippen molar-refractivity contribution in [3.05, 3.63) is 80.3 Å². The first-order valence-corrected chi connectivity index (χ1v) is 14.8. The molecule has 0 atom stereocenters. The maximum atomic E-state index is 12.0. The maximum absolute atomic E-state index is 12.0. The molecule has 0 unspecified atom stereocenters. The van der Waals surface area contributed by atoms with E-state index in [9.17, 15) is 14.7 Å². The summed E-state index contributed by atoms with van der Waals surface area (Å²) in [5.74, 6) is 0. The summed E-state index contributed by atoms with van der Waals surface area (Å²) < 4.78 is 7.49. The van der Waals surface area contributed by atoms with Crippen LogP contribution in [0.3, 0.4) is 0 Å². The van der Waals surface area contributed by atoms with Crippen LogP contribution in [0.15, 0.2) is 69.1 Å². The molecule has 212 valence electrons. The Bertz CT molecular complexity index is 1140. The molecular weight excluding hydrogens is 628 g/mol. The van der Waals surface area contributed by atoms with Gasteiger partial charge in [0.25, 0.3) is 0 Å². The van der Waals surface area contributed by atoms with Crippen LogP contribution in [-0.2, 0) is 17.6 Å². The van der Waals surface area contributed by atoms with Gasteiger partial charge in [0.05, 0.1) is 5.60 Å². The van der Waals surface area contributed by atoms with E-state index >= 15 is 0 Å². The van der Waals surface area contributed by atoms with Crippen molar-refractivity contribution in [2.24, 2.45) is 0 Å². The molecule has 0 aliphatic carbocycles. The van der Waals surface area contributed by atoms with Crippen molar-refractivity contribution in [2.75, 3.05) is 26.2 Å². The number of aliphatic hydroxyl groups is 1. The fourth-order valence-corrected chi connectivity index (χ4v) is 5.03. The Kier molecular flexibility index (Phi) is 11.0.